The number of nitrogens with zero attached hydrogens (tertiary/aromatic N) is 1. The second-order valence-corrected chi connectivity index (χ2v) is 8.25. The first-order chi connectivity index (χ1) is 13.3. The Balaban J connectivity index is 1.77. The fourth-order valence-corrected chi connectivity index (χ4v) is 3.00. The number of hydrogen-bond donors (Lipinski definition) is 3. The van der Waals surface area contributed by atoms with Gasteiger partial charge in [0.1, 0.15) is 43.1 Å². The van der Waals surface area contributed by atoms with E-state index in [1.54, 1.807) is 36.1 Å². The van der Waals surface area contributed by atoms with E-state index in [1.807, 2.05) is 24.3 Å². The Hall–Kier alpha value is -1.16. The molecule has 0 aromatic heterocycles. The summed E-state index contributed by atoms with van der Waals surface area (Å²) in [5, 5.41) is 30.4. The van der Waals surface area contributed by atoms with E-state index in [0.717, 1.165) is 8.95 Å². The molecule has 3 unspecified atom stereocenters. The summed E-state index contributed by atoms with van der Waals surface area (Å²) in [5.41, 5.74) is 0. The minimum atomic E-state index is -0.829. The molecule has 0 heterocycles. The van der Waals surface area contributed by atoms with Crippen LogP contribution in [0.2, 0.25) is 0 Å². The minimum absolute atomic E-state index is 0.0797. The van der Waals surface area contributed by atoms with Gasteiger partial charge in [-0.15, -0.1) is 0 Å². The van der Waals surface area contributed by atoms with E-state index in [9.17, 15) is 15.3 Å². The number of benzene rings is 2. The molecule has 0 amide bonds. The maximum absolute atomic E-state index is 10.2. The highest BCUT2D eigenvalue weighted by atomic mass is 79.9. The fraction of sp³-hybridized carbons (Fsp3) is 0.400. The van der Waals surface area contributed by atoms with Crippen LogP contribution in [0.4, 0.5) is 0 Å². The van der Waals surface area contributed by atoms with Crippen LogP contribution in [-0.2, 0) is 0 Å². The highest BCUT2D eigenvalue weighted by molar-refractivity contribution is 9.10. The molecule has 28 heavy (non-hydrogen) atoms. The Bertz CT molecular complexity index is 639. The topological polar surface area (TPSA) is 82.4 Å². The molecule has 0 aliphatic rings. The first kappa shape index (κ1) is 23.1. The summed E-state index contributed by atoms with van der Waals surface area (Å²) in [6.45, 7) is 2.06. The predicted octanol–water partition coefficient (Wildman–Crippen LogP) is 3.03. The fourth-order valence-electron chi connectivity index (χ4n) is 2.47. The Morgan fingerprint density at radius 1 is 0.750 bits per heavy atom. The summed E-state index contributed by atoms with van der Waals surface area (Å²) in [6.07, 6.45) is -2.47. The van der Waals surface area contributed by atoms with Crippen LogP contribution in [0.15, 0.2) is 57.5 Å². The molecule has 0 aliphatic carbocycles. The van der Waals surface area contributed by atoms with E-state index in [-0.39, 0.29) is 26.3 Å². The summed E-state index contributed by atoms with van der Waals surface area (Å²) >= 11 is 6.70. The molecule has 6 nitrogen and oxygen atoms in total. The quantitative estimate of drug-likeness (QED) is 0.397. The lowest BCUT2D eigenvalue weighted by Gasteiger charge is -2.29. The van der Waals surface area contributed by atoms with Crippen LogP contribution in [0.3, 0.4) is 0 Å². The van der Waals surface area contributed by atoms with Gasteiger partial charge in [-0.3, -0.25) is 4.90 Å². The van der Waals surface area contributed by atoms with Crippen molar-refractivity contribution < 1.29 is 24.8 Å². The van der Waals surface area contributed by atoms with E-state index < -0.39 is 18.4 Å². The highest BCUT2D eigenvalue weighted by Crippen LogP contribution is 2.17. The van der Waals surface area contributed by atoms with E-state index in [2.05, 4.69) is 31.9 Å². The van der Waals surface area contributed by atoms with Crippen LogP contribution in [0.25, 0.3) is 0 Å². The number of aliphatic hydroxyl groups is 3. The third kappa shape index (κ3) is 8.46. The number of ether oxygens (including phenoxy) is 2. The molecule has 3 atom stereocenters. The van der Waals surface area contributed by atoms with Crippen LogP contribution < -0.4 is 9.47 Å². The number of aliphatic hydroxyl groups excluding tert-OH is 3. The van der Waals surface area contributed by atoms with Gasteiger partial charge in [-0.25, -0.2) is 0 Å². The van der Waals surface area contributed by atoms with Crippen LogP contribution in [-0.4, -0.2) is 65.0 Å². The van der Waals surface area contributed by atoms with Gasteiger partial charge in [0.05, 0.1) is 0 Å². The Labute approximate surface area is 182 Å². The normalized spacial score (nSPS) is 14.5. The first-order valence-electron chi connectivity index (χ1n) is 8.88. The summed E-state index contributed by atoms with van der Waals surface area (Å²) in [5.74, 6) is 1.29. The van der Waals surface area contributed by atoms with Crippen molar-refractivity contribution in [2.24, 2.45) is 0 Å². The smallest absolute Gasteiger partial charge is 0.119 e. The number of hydrogen-bond acceptors (Lipinski definition) is 6. The van der Waals surface area contributed by atoms with Crippen LogP contribution in [0.1, 0.15) is 6.92 Å². The van der Waals surface area contributed by atoms with Gasteiger partial charge in [-0.2, -0.15) is 0 Å². The van der Waals surface area contributed by atoms with Crippen LogP contribution in [0, 0.1) is 0 Å². The van der Waals surface area contributed by atoms with Crippen molar-refractivity contribution in [1.29, 1.82) is 0 Å². The number of halogens is 2. The molecule has 154 valence electrons. The van der Waals surface area contributed by atoms with Crippen molar-refractivity contribution >= 4 is 31.9 Å². The molecule has 0 saturated heterocycles. The second-order valence-electron chi connectivity index (χ2n) is 6.42. The maximum Gasteiger partial charge on any atom is 0.119 e. The van der Waals surface area contributed by atoms with Gasteiger partial charge in [-0.1, -0.05) is 31.9 Å². The molecule has 3 N–H and O–H groups in total. The molecule has 2 aromatic rings. The molecule has 0 saturated carbocycles. The lowest BCUT2D eigenvalue weighted by Crippen LogP contribution is -2.45. The van der Waals surface area contributed by atoms with Gasteiger partial charge < -0.3 is 24.8 Å². The average molecular weight is 519 g/mol. The largest absolute Gasteiger partial charge is 0.491 e. The van der Waals surface area contributed by atoms with Crippen molar-refractivity contribution in [3.05, 3.63) is 57.5 Å². The number of rotatable bonds is 11. The Morgan fingerprint density at radius 2 is 1.11 bits per heavy atom. The molecule has 2 rings (SSSR count). The zero-order chi connectivity index (χ0) is 20.5. The molecule has 0 spiro atoms. The van der Waals surface area contributed by atoms with Crippen LogP contribution >= 0.6 is 31.9 Å². The van der Waals surface area contributed by atoms with Crippen molar-refractivity contribution in [2.75, 3.05) is 26.3 Å². The summed E-state index contributed by atoms with van der Waals surface area (Å²) in [4.78, 5) is 1.57. The molecular weight excluding hydrogens is 494 g/mol. The average Bonchev–Trinajstić information content (AvgIpc) is 2.66. The SMILES string of the molecule is CC(O)N(CC(O)COc1ccc(Br)cc1)CC(O)COc1ccc(Br)cc1. The molecule has 0 aliphatic heterocycles. The zero-order valence-corrected chi connectivity index (χ0v) is 18.7. The Morgan fingerprint density at radius 3 is 1.43 bits per heavy atom. The van der Waals surface area contributed by atoms with E-state index in [0.29, 0.717) is 11.5 Å². The monoisotopic (exact) mass is 517 g/mol. The first-order valence-corrected chi connectivity index (χ1v) is 10.5. The Kier molecular flexibility index (Phi) is 9.70. The van der Waals surface area contributed by atoms with Gasteiger partial charge in [-0.05, 0) is 55.5 Å². The van der Waals surface area contributed by atoms with Gasteiger partial charge in [0.15, 0.2) is 0 Å². The van der Waals surface area contributed by atoms with E-state index in [4.69, 9.17) is 9.47 Å². The molecule has 2 aromatic carbocycles. The highest BCUT2D eigenvalue weighted by Gasteiger charge is 2.20. The third-order valence-electron chi connectivity index (χ3n) is 3.93. The van der Waals surface area contributed by atoms with E-state index >= 15 is 0 Å². The van der Waals surface area contributed by atoms with Gasteiger partial charge in [0, 0.05) is 22.0 Å². The van der Waals surface area contributed by atoms with E-state index in [1.165, 1.54) is 0 Å². The lowest BCUT2D eigenvalue weighted by molar-refractivity contribution is -0.0466. The predicted molar refractivity (Wildman–Crippen MR) is 115 cm³/mol. The van der Waals surface area contributed by atoms with Crippen molar-refractivity contribution in [3.8, 4) is 11.5 Å². The van der Waals surface area contributed by atoms with Crippen LogP contribution in [0.5, 0.6) is 11.5 Å². The van der Waals surface area contributed by atoms with Crippen molar-refractivity contribution in [3.63, 3.8) is 0 Å². The van der Waals surface area contributed by atoms with Crippen molar-refractivity contribution in [1.82, 2.24) is 4.90 Å². The standard InChI is InChI=1S/C20H25Br2NO5/c1-14(24)23(10-17(25)12-27-19-6-2-15(21)3-7-19)11-18(26)13-28-20-8-4-16(22)5-9-20/h2-9,14,17-18,24-26H,10-13H2,1H3. The minimum Gasteiger partial charge on any atom is -0.491 e. The summed E-state index contributed by atoms with van der Waals surface area (Å²) < 4.78 is 13.0. The molecular formula is C20H25Br2NO5. The van der Waals surface area contributed by atoms with Gasteiger partial charge in [0.25, 0.3) is 0 Å². The molecule has 0 radical (unpaired) electrons. The third-order valence-corrected chi connectivity index (χ3v) is 4.99. The van der Waals surface area contributed by atoms with Gasteiger partial charge in [0.2, 0.25) is 0 Å². The molecule has 0 fully saturated rings. The summed E-state index contributed by atoms with van der Waals surface area (Å²) in [6, 6.07) is 14.6. The maximum atomic E-state index is 10.2. The second kappa shape index (κ2) is 11.7. The van der Waals surface area contributed by atoms with Gasteiger partial charge >= 0.3 is 0 Å². The summed E-state index contributed by atoms with van der Waals surface area (Å²) in [7, 11) is 0. The van der Waals surface area contributed by atoms with Crippen molar-refractivity contribution in [2.45, 2.75) is 25.4 Å². The zero-order valence-electron chi connectivity index (χ0n) is 15.5. The molecule has 8 heteroatoms. The lowest BCUT2D eigenvalue weighted by atomic mass is 10.2. The molecule has 0 bridgehead atoms.